The van der Waals surface area contributed by atoms with Gasteiger partial charge in [-0.15, -0.1) is 0 Å². The van der Waals surface area contributed by atoms with E-state index in [4.69, 9.17) is 0 Å². The number of aromatic amines is 1. The molecule has 0 amide bonds. The maximum Gasteiger partial charge on any atom is 0.354 e. The van der Waals surface area contributed by atoms with Gasteiger partial charge in [0.1, 0.15) is 5.69 Å². The second-order valence-corrected chi connectivity index (χ2v) is 5.71. The van der Waals surface area contributed by atoms with Crippen LogP contribution in [0.15, 0.2) is 12.3 Å². The summed E-state index contributed by atoms with van der Waals surface area (Å²) in [5, 5.41) is 0. The average Bonchev–Trinajstić information content (AvgIpc) is 2.65. The van der Waals surface area contributed by atoms with Crippen molar-refractivity contribution in [2.45, 2.75) is 30.1 Å². The van der Waals surface area contributed by atoms with Crippen LogP contribution in [0.1, 0.15) is 35.8 Å². The van der Waals surface area contributed by atoms with Crippen LogP contribution in [-0.2, 0) is 11.2 Å². The lowest BCUT2D eigenvalue weighted by Gasteiger charge is -2.00. The molecule has 15 heavy (non-hydrogen) atoms. The fourth-order valence-corrected chi connectivity index (χ4v) is 1.84. The van der Waals surface area contributed by atoms with E-state index in [2.05, 4.69) is 39.2 Å². The smallest absolute Gasteiger partial charge is 0.354 e. The average molecular weight is 321 g/mol. The van der Waals surface area contributed by atoms with Crippen LogP contribution in [0.4, 0.5) is 0 Å². The van der Waals surface area contributed by atoms with Gasteiger partial charge in [-0.05, 0) is 30.9 Å². The summed E-state index contributed by atoms with van der Waals surface area (Å²) >= 11 is 2.43. The van der Waals surface area contributed by atoms with Crippen LogP contribution in [-0.4, -0.2) is 22.0 Å². The van der Waals surface area contributed by atoms with Gasteiger partial charge in [0.2, 0.25) is 0 Å². The Morgan fingerprint density at radius 2 is 2.40 bits per heavy atom. The molecule has 0 aliphatic rings. The molecule has 0 bridgehead atoms. The summed E-state index contributed by atoms with van der Waals surface area (Å²) in [7, 11) is 1.39. The predicted octanol–water partition coefficient (Wildman–Crippen LogP) is 2.95. The number of nitrogens with one attached hydrogen (secondary N) is 1. The minimum absolute atomic E-state index is 0.302. The number of hydrogen-bond acceptors (Lipinski definition) is 2. The van der Waals surface area contributed by atoms with Gasteiger partial charge in [0, 0.05) is 10.1 Å². The molecule has 1 N–H and O–H groups in total. The number of halogens is 1. The number of esters is 1. The lowest BCUT2D eigenvalue weighted by atomic mass is 10.1. The minimum Gasteiger partial charge on any atom is -0.464 e. The summed E-state index contributed by atoms with van der Waals surface area (Å²) in [5.41, 5.74) is 1.71. The maximum atomic E-state index is 11.2. The first kappa shape index (κ1) is 12.5. The molecule has 0 spiro atoms. The SMILES string of the molecule is COC(=O)c1cc(CCCC(C)I)c[nH]1. The highest BCUT2D eigenvalue weighted by molar-refractivity contribution is 14.1. The van der Waals surface area contributed by atoms with E-state index in [1.165, 1.54) is 19.1 Å². The van der Waals surface area contributed by atoms with Crippen LogP contribution in [0.5, 0.6) is 0 Å². The first-order chi connectivity index (χ1) is 7.13. The number of H-pyrrole nitrogens is 1. The number of aromatic nitrogens is 1. The number of methoxy groups -OCH3 is 1. The maximum absolute atomic E-state index is 11.2. The van der Waals surface area contributed by atoms with Gasteiger partial charge in [0.25, 0.3) is 0 Å². The number of carbonyl (C=O) groups excluding carboxylic acids is 1. The van der Waals surface area contributed by atoms with Crippen molar-refractivity contribution in [1.29, 1.82) is 0 Å². The third-order valence-electron chi connectivity index (χ3n) is 2.22. The predicted molar refractivity (Wildman–Crippen MR) is 68.6 cm³/mol. The minimum atomic E-state index is -0.302. The normalized spacial score (nSPS) is 12.5. The van der Waals surface area contributed by atoms with Crippen LogP contribution in [0.2, 0.25) is 0 Å². The van der Waals surface area contributed by atoms with Crippen molar-refractivity contribution in [3.63, 3.8) is 0 Å². The van der Waals surface area contributed by atoms with E-state index in [1.54, 1.807) is 0 Å². The molecule has 1 unspecified atom stereocenters. The monoisotopic (exact) mass is 321 g/mol. The Morgan fingerprint density at radius 3 is 3.00 bits per heavy atom. The van der Waals surface area contributed by atoms with E-state index in [9.17, 15) is 4.79 Å². The zero-order valence-electron chi connectivity index (χ0n) is 9.05. The lowest BCUT2D eigenvalue weighted by Crippen LogP contribution is -2.00. The molecule has 1 aromatic rings. The van der Waals surface area contributed by atoms with E-state index in [1.807, 2.05) is 12.3 Å². The van der Waals surface area contributed by atoms with Gasteiger partial charge in [0.05, 0.1) is 7.11 Å². The number of alkyl halides is 1. The molecule has 4 heteroatoms. The van der Waals surface area contributed by atoms with E-state index < -0.39 is 0 Å². The van der Waals surface area contributed by atoms with Crippen molar-refractivity contribution in [1.82, 2.24) is 4.98 Å². The summed E-state index contributed by atoms with van der Waals surface area (Å²) in [4.78, 5) is 14.1. The second kappa shape index (κ2) is 6.15. The number of ether oxygens (including phenoxy) is 1. The number of hydrogen-bond donors (Lipinski definition) is 1. The Labute approximate surface area is 104 Å². The Balaban J connectivity index is 2.43. The Bertz CT molecular complexity index is 320. The molecule has 1 atom stereocenters. The van der Waals surface area contributed by atoms with Crippen LogP contribution < -0.4 is 0 Å². The van der Waals surface area contributed by atoms with Crippen molar-refractivity contribution in [2.24, 2.45) is 0 Å². The molecule has 1 heterocycles. The van der Waals surface area contributed by atoms with E-state index in [0.717, 1.165) is 12.8 Å². The molecule has 0 radical (unpaired) electrons. The molecule has 1 rings (SSSR count). The molecule has 84 valence electrons. The van der Waals surface area contributed by atoms with Gasteiger partial charge in [-0.1, -0.05) is 29.5 Å². The van der Waals surface area contributed by atoms with Crippen LogP contribution >= 0.6 is 22.6 Å². The van der Waals surface area contributed by atoms with E-state index >= 15 is 0 Å². The summed E-state index contributed by atoms with van der Waals surface area (Å²) in [5.74, 6) is -0.302. The summed E-state index contributed by atoms with van der Waals surface area (Å²) in [6, 6.07) is 1.86. The van der Waals surface area contributed by atoms with Gasteiger partial charge >= 0.3 is 5.97 Å². The molecule has 0 aliphatic heterocycles. The zero-order valence-corrected chi connectivity index (χ0v) is 11.2. The highest BCUT2D eigenvalue weighted by Crippen LogP contribution is 2.12. The van der Waals surface area contributed by atoms with Crippen LogP contribution in [0.25, 0.3) is 0 Å². The molecule has 0 aromatic carbocycles. The third-order valence-corrected chi connectivity index (χ3v) is 2.84. The zero-order chi connectivity index (χ0) is 11.3. The van der Waals surface area contributed by atoms with Crippen molar-refractivity contribution < 1.29 is 9.53 Å². The fourth-order valence-electron chi connectivity index (χ4n) is 1.40. The van der Waals surface area contributed by atoms with Crippen molar-refractivity contribution >= 4 is 28.6 Å². The molecule has 0 aliphatic carbocycles. The summed E-state index contributed by atoms with van der Waals surface area (Å²) < 4.78 is 5.33. The first-order valence-electron chi connectivity index (χ1n) is 5.03. The number of carbonyl (C=O) groups is 1. The second-order valence-electron chi connectivity index (χ2n) is 3.59. The topological polar surface area (TPSA) is 42.1 Å². The molecule has 1 aromatic heterocycles. The molecule has 0 fully saturated rings. The Kier molecular flexibility index (Phi) is 5.14. The molecule has 0 saturated heterocycles. The lowest BCUT2D eigenvalue weighted by molar-refractivity contribution is 0.0595. The van der Waals surface area contributed by atoms with Crippen LogP contribution in [0, 0.1) is 0 Å². The summed E-state index contributed by atoms with van der Waals surface area (Å²) in [6.45, 7) is 2.21. The van der Waals surface area contributed by atoms with E-state index in [-0.39, 0.29) is 5.97 Å². The summed E-state index contributed by atoms with van der Waals surface area (Å²) in [6.07, 6.45) is 5.26. The number of rotatable bonds is 5. The fraction of sp³-hybridized carbons (Fsp3) is 0.545. The van der Waals surface area contributed by atoms with Gasteiger partial charge in [0.15, 0.2) is 0 Å². The van der Waals surface area contributed by atoms with Crippen LogP contribution in [0.3, 0.4) is 0 Å². The molecular formula is C11H16INO2. The Morgan fingerprint density at radius 1 is 1.67 bits per heavy atom. The number of aryl methyl sites for hydroxylation is 1. The van der Waals surface area contributed by atoms with Crippen molar-refractivity contribution in [3.05, 3.63) is 23.5 Å². The van der Waals surface area contributed by atoms with Gasteiger partial charge in [-0.25, -0.2) is 4.79 Å². The van der Waals surface area contributed by atoms with Gasteiger partial charge < -0.3 is 9.72 Å². The third kappa shape index (κ3) is 4.24. The quantitative estimate of drug-likeness (QED) is 0.515. The molecule has 0 saturated carbocycles. The molecule has 3 nitrogen and oxygen atoms in total. The molecular weight excluding hydrogens is 305 g/mol. The van der Waals surface area contributed by atoms with Gasteiger partial charge in [-0.2, -0.15) is 0 Å². The van der Waals surface area contributed by atoms with Gasteiger partial charge in [-0.3, -0.25) is 0 Å². The highest BCUT2D eigenvalue weighted by atomic mass is 127. The van der Waals surface area contributed by atoms with E-state index in [0.29, 0.717) is 9.62 Å². The first-order valence-corrected chi connectivity index (χ1v) is 6.27. The van der Waals surface area contributed by atoms with Crippen molar-refractivity contribution in [3.8, 4) is 0 Å². The standard InChI is InChI=1S/C11H16INO2/c1-8(12)4-3-5-9-6-10(13-7-9)11(14)15-2/h6-8,13H,3-5H2,1-2H3. The Hall–Kier alpha value is -0.520. The highest BCUT2D eigenvalue weighted by Gasteiger charge is 2.07. The largest absolute Gasteiger partial charge is 0.464 e. The van der Waals surface area contributed by atoms with Crippen molar-refractivity contribution in [2.75, 3.05) is 7.11 Å².